The van der Waals surface area contributed by atoms with Gasteiger partial charge in [0.05, 0.1) is 10.5 Å². The number of amides is 3. The van der Waals surface area contributed by atoms with Gasteiger partial charge >= 0.3 is 12.0 Å². The average Bonchev–Trinajstić information content (AvgIpc) is 2.52. The maximum Gasteiger partial charge on any atom is 0.338 e. The molecule has 1 rings (SSSR count). The Kier molecular flexibility index (Phi) is 6.66. The molecule has 0 atom stereocenters. The zero-order chi connectivity index (χ0) is 17.5. The van der Waals surface area contributed by atoms with E-state index in [1.807, 2.05) is 5.32 Å². The highest BCUT2D eigenvalue weighted by molar-refractivity contribution is 7.89. The standard InChI is InChI=1S/C13H17N3O6S/c1-3-15-13(19)16-11(17)8-22-12(18)9-5-4-6-10(7-9)23(20,21)14-2/h4-7,14H,3,8H2,1-2H3,(H2,15,16,17,19). The van der Waals surface area contributed by atoms with Crippen LogP contribution in [0.25, 0.3) is 0 Å². The summed E-state index contributed by atoms with van der Waals surface area (Å²) in [5, 5.41) is 4.30. The summed E-state index contributed by atoms with van der Waals surface area (Å²) in [4.78, 5) is 34.2. The monoisotopic (exact) mass is 343 g/mol. The first-order valence-corrected chi connectivity index (χ1v) is 8.07. The van der Waals surface area contributed by atoms with E-state index in [2.05, 4.69) is 10.0 Å². The fourth-order valence-corrected chi connectivity index (χ4v) is 2.27. The maximum absolute atomic E-state index is 11.8. The minimum atomic E-state index is -3.70. The number of imide groups is 1. The number of hydrogen-bond donors (Lipinski definition) is 3. The Morgan fingerprint density at radius 2 is 1.91 bits per heavy atom. The van der Waals surface area contributed by atoms with Crippen molar-refractivity contribution in [3.8, 4) is 0 Å². The van der Waals surface area contributed by atoms with Crippen molar-refractivity contribution in [3.63, 3.8) is 0 Å². The molecule has 0 aliphatic carbocycles. The Hall–Kier alpha value is -2.46. The Labute approximate surface area is 133 Å². The summed E-state index contributed by atoms with van der Waals surface area (Å²) in [5.41, 5.74) is -0.0351. The van der Waals surface area contributed by atoms with E-state index in [1.54, 1.807) is 6.92 Å². The van der Waals surface area contributed by atoms with Crippen LogP contribution in [0, 0.1) is 0 Å². The molecule has 126 valence electrons. The third kappa shape index (κ3) is 5.68. The zero-order valence-corrected chi connectivity index (χ0v) is 13.4. The molecule has 1 aromatic carbocycles. The second-order valence-corrected chi connectivity index (χ2v) is 6.11. The van der Waals surface area contributed by atoms with Gasteiger partial charge in [-0.3, -0.25) is 10.1 Å². The van der Waals surface area contributed by atoms with E-state index in [0.29, 0.717) is 6.54 Å². The molecular formula is C13H17N3O6S. The average molecular weight is 343 g/mol. The van der Waals surface area contributed by atoms with Crippen molar-refractivity contribution in [3.05, 3.63) is 29.8 Å². The number of sulfonamides is 1. The number of benzene rings is 1. The van der Waals surface area contributed by atoms with Gasteiger partial charge in [-0.1, -0.05) is 6.07 Å². The molecule has 10 heteroatoms. The van der Waals surface area contributed by atoms with E-state index < -0.39 is 34.5 Å². The van der Waals surface area contributed by atoms with Gasteiger partial charge in [-0.2, -0.15) is 0 Å². The summed E-state index contributed by atoms with van der Waals surface area (Å²) in [6.45, 7) is 1.35. The van der Waals surface area contributed by atoms with Crippen molar-refractivity contribution in [1.82, 2.24) is 15.4 Å². The summed E-state index contributed by atoms with van der Waals surface area (Å²) in [6.07, 6.45) is 0. The van der Waals surface area contributed by atoms with Crippen LogP contribution in [0.1, 0.15) is 17.3 Å². The van der Waals surface area contributed by atoms with Gasteiger partial charge in [-0.25, -0.2) is 22.7 Å². The summed E-state index contributed by atoms with van der Waals surface area (Å²) < 4.78 is 30.1. The van der Waals surface area contributed by atoms with Crippen molar-refractivity contribution >= 4 is 27.9 Å². The van der Waals surface area contributed by atoms with Gasteiger partial charge in [-0.05, 0) is 32.2 Å². The zero-order valence-electron chi connectivity index (χ0n) is 12.6. The largest absolute Gasteiger partial charge is 0.452 e. The fourth-order valence-electron chi connectivity index (χ4n) is 1.49. The highest BCUT2D eigenvalue weighted by Gasteiger charge is 2.16. The van der Waals surface area contributed by atoms with E-state index in [4.69, 9.17) is 4.74 Å². The number of carbonyl (C=O) groups is 3. The molecule has 0 heterocycles. The van der Waals surface area contributed by atoms with Gasteiger partial charge in [0.25, 0.3) is 5.91 Å². The molecule has 0 fully saturated rings. The van der Waals surface area contributed by atoms with Gasteiger partial charge in [0.2, 0.25) is 10.0 Å². The minimum absolute atomic E-state index is 0.0351. The first-order valence-electron chi connectivity index (χ1n) is 6.58. The van der Waals surface area contributed by atoms with Crippen LogP contribution in [0.4, 0.5) is 4.79 Å². The Bertz CT molecular complexity index is 701. The van der Waals surface area contributed by atoms with Gasteiger partial charge in [0.1, 0.15) is 0 Å². The predicted molar refractivity (Wildman–Crippen MR) is 80.2 cm³/mol. The lowest BCUT2D eigenvalue weighted by molar-refractivity contribution is -0.123. The van der Waals surface area contributed by atoms with E-state index in [-0.39, 0.29) is 10.5 Å². The third-order valence-corrected chi connectivity index (χ3v) is 3.99. The summed E-state index contributed by atoms with van der Waals surface area (Å²) >= 11 is 0. The first-order chi connectivity index (χ1) is 10.8. The molecule has 0 bridgehead atoms. The smallest absolute Gasteiger partial charge is 0.338 e. The summed E-state index contributed by atoms with van der Waals surface area (Å²) in [7, 11) is -2.46. The summed E-state index contributed by atoms with van der Waals surface area (Å²) in [5.74, 6) is -1.69. The number of urea groups is 1. The summed E-state index contributed by atoms with van der Waals surface area (Å²) in [6, 6.07) is 4.45. The second kappa shape index (κ2) is 8.25. The van der Waals surface area contributed by atoms with E-state index in [0.717, 1.165) is 6.07 Å². The SMILES string of the molecule is CCNC(=O)NC(=O)COC(=O)c1cccc(S(=O)(=O)NC)c1. The molecule has 3 N–H and O–H groups in total. The molecule has 23 heavy (non-hydrogen) atoms. The van der Waals surface area contributed by atoms with Crippen LogP contribution in [-0.4, -0.2) is 46.5 Å². The molecular weight excluding hydrogens is 326 g/mol. The minimum Gasteiger partial charge on any atom is -0.452 e. The highest BCUT2D eigenvalue weighted by atomic mass is 32.2. The normalized spacial score (nSPS) is 10.7. The highest BCUT2D eigenvalue weighted by Crippen LogP contribution is 2.12. The van der Waals surface area contributed by atoms with Crippen molar-refractivity contribution in [2.75, 3.05) is 20.2 Å². The lowest BCUT2D eigenvalue weighted by Crippen LogP contribution is -2.41. The lowest BCUT2D eigenvalue weighted by Gasteiger charge is -2.07. The van der Waals surface area contributed by atoms with Gasteiger partial charge in [-0.15, -0.1) is 0 Å². The van der Waals surface area contributed by atoms with Crippen LogP contribution < -0.4 is 15.4 Å². The van der Waals surface area contributed by atoms with E-state index in [9.17, 15) is 22.8 Å². The number of esters is 1. The van der Waals surface area contributed by atoms with Crippen molar-refractivity contribution in [2.24, 2.45) is 0 Å². The number of ether oxygens (including phenoxy) is 1. The molecule has 0 unspecified atom stereocenters. The number of nitrogens with one attached hydrogen (secondary N) is 3. The van der Waals surface area contributed by atoms with Crippen LogP contribution in [-0.2, 0) is 19.6 Å². The Balaban J connectivity index is 2.67. The van der Waals surface area contributed by atoms with E-state index >= 15 is 0 Å². The molecule has 3 amide bonds. The topological polar surface area (TPSA) is 131 Å². The van der Waals surface area contributed by atoms with Crippen LogP contribution in [0.2, 0.25) is 0 Å². The number of rotatable bonds is 6. The fraction of sp³-hybridized carbons (Fsp3) is 0.308. The van der Waals surface area contributed by atoms with Gasteiger partial charge in [0.15, 0.2) is 6.61 Å². The van der Waals surface area contributed by atoms with E-state index in [1.165, 1.54) is 25.2 Å². The first kappa shape index (κ1) is 18.6. The van der Waals surface area contributed by atoms with Crippen molar-refractivity contribution in [2.45, 2.75) is 11.8 Å². The molecule has 0 radical (unpaired) electrons. The van der Waals surface area contributed by atoms with Crippen LogP contribution in [0.15, 0.2) is 29.2 Å². The van der Waals surface area contributed by atoms with Crippen molar-refractivity contribution in [1.29, 1.82) is 0 Å². The Morgan fingerprint density at radius 3 is 2.52 bits per heavy atom. The second-order valence-electron chi connectivity index (χ2n) is 4.22. The van der Waals surface area contributed by atoms with Gasteiger partial charge in [0, 0.05) is 6.54 Å². The molecule has 9 nitrogen and oxygen atoms in total. The quantitative estimate of drug-likeness (QED) is 0.602. The Morgan fingerprint density at radius 1 is 1.22 bits per heavy atom. The lowest BCUT2D eigenvalue weighted by atomic mass is 10.2. The van der Waals surface area contributed by atoms with Crippen molar-refractivity contribution < 1.29 is 27.5 Å². The molecule has 0 saturated carbocycles. The molecule has 0 aromatic heterocycles. The molecule has 1 aromatic rings. The number of hydrogen-bond acceptors (Lipinski definition) is 6. The molecule has 0 spiro atoms. The maximum atomic E-state index is 11.8. The van der Waals surface area contributed by atoms with Crippen LogP contribution in [0.3, 0.4) is 0 Å². The third-order valence-electron chi connectivity index (χ3n) is 2.57. The number of carbonyl (C=O) groups excluding carboxylic acids is 3. The van der Waals surface area contributed by atoms with Gasteiger partial charge < -0.3 is 10.1 Å². The van der Waals surface area contributed by atoms with Crippen LogP contribution in [0.5, 0.6) is 0 Å². The predicted octanol–water partition coefficient (Wildman–Crippen LogP) is -0.403. The molecule has 0 saturated heterocycles. The van der Waals surface area contributed by atoms with Crippen LogP contribution >= 0.6 is 0 Å². The molecule has 0 aliphatic heterocycles. The molecule has 0 aliphatic rings.